The molecule has 4 nitrogen and oxygen atoms in total. The van der Waals surface area contributed by atoms with Crippen molar-refractivity contribution in [2.75, 3.05) is 5.32 Å². The van der Waals surface area contributed by atoms with Crippen LogP contribution in [0.2, 0.25) is 0 Å². The van der Waals surface area contributed by atoms with Crippen LogP contribution in [0.5, 0.6) is 0 Å². The predicted octanol–water partition coefficient (Wildman–Crippen LogP) is 4.09. The summed E-state index contributed by atoms with van der Waals surface area (Å²) in [5, 5.41) is 5.98. The molecule has 2 aromatic rings. The molecule has 4 heteroatoms. The van der Waals surface area contributed by atoms with Crippen LogP contribution in [-0.2, 0) is 11.2 Å². The van der Waals surface area contributed by atoms with Crippen molar-refractivity contribution < 1.29 is 9.59 Å². The van der Waals surface area contributed by atoms with Gasteiger partial charge in [-0.3, -0.25) is 9.59 Å². The first-order chi connectivity index (χ1) is 11.8. The lowest BCUT2D eigenvalue weighted by molar-refractivity contribution is -0.123. The molecule has 1 atom stereocenters. The highest BCUT2D eigenvalue weighted by molar-refractivity contribution is 5.98. The van der Waals surface area contributed by atoms with Crippen LogP contribution < -0.4 is 10.6 Å². The van der Waals surface area contributed by atoms with Gasteiger partial charge in [0.05, 0.1) is 6.04 Å². The van der Waals surface area contributed by atoms with E-state index in [1.807, 2.05) is 32.9 Å². The second-order valence-electron chi connectivity index (χ2n) is 7.55. The van der Waals surface area contributed by atoms with Crippen LogP contribution in [0, 0.1) is 5.41 Å². The second-order valence-corrected chi connectivity index (χ2v) is 7.55. The van der Waals surface area contributed by atoms with Crippen molar-refractivity contribution in [1.29, 1.82) is 0 Å². The summed E-state index contributed by atoms with van der Waals surface area (Å²) in [6.45, 7) is 5.57. The number of benzene rings is 2. The van der Waals surface area contributed by atoms with Crippen LogP contribution in [0.3, 0.4) is 0 Å². The Morgan fingerprint density at radius 3 is 2.56 bits per heavy atom. The van der Waals surface area contributed by atoms with Crippen LogP contribution >= 0.6 is 0 Å². The first-order valence-electron chi connectivity index (χ1n) is 8.65. The molecule has 3 rings (SSSR count). The number of hydrogen-bond acceptors (Lipinski definition) is 2. The molecule has 25 heavy (non-hydrogen) atoms. The lowest BCUT2D eigenvalue weighted by Gasteiger charge is -2.18. The summed E-state index contributed by atoms with van der Waals surface area (Å²) in [4.78, 5) is 24.7. The maximum Gasteiger partial charge on any atom is 0.251 e. The van der Waals surface area contributed by atoms with Gasteiger partial charge in [0.2, 0.25) is 5.91 Å². The van der Waals surface area contributed by atoms with Gasteiger partial charge < -0.3 is 10.6 Å². The minimum absolute atomic E-state index is 0.0523. The van der Waals surface area contributed by atoms with Crippen molar-refractivity contribution >= 4 is 17.5 Å². The molecule has 130 valence electrons. The van der Waals surface area contributed by atoms with Gasteiger partial charge in [0.15, 0.2) is 0 Å². The maximum atomic E-state index is 12.6. The summed E-state index contributed by atoms with van der Waals surface area (Å²) in [5.74, 6) is -0.191. The fraction of sp³-hybridized carbons (Fsp3) is 0.333. The number of rotatable bonds is 3. The van der Waals surface area contributed by atoms with Gasteiger partial charge in [-0.25, -0.2) is 0 Å². The molecule has 2 amide bonds. The molecular formula is C21H24N2O2. The Hall–Kier alpha value is -2.62. The lowest BCUT2D eigenvalue weighted by Crippen LogP contribution is -2.28. The van der Waals surface area contributed by atoms with Crippen molar-refractivity contribution in [3.05, 3.63) is 65.2 Å². The smallest absolute Gasteiger partial charge is 0.251 e. The highest BCUT2D eigenvalue weighted by atomic mass is 16.2. The Labute approximate surface area is 148 Å². The van der Waals surface area contributed by atoms with Gasteiger partial charge in [-0.05, 0) is 42.2 Å². The molecule has 0 spiro atoms. The van der Waals surface area contributed by atoms with Gasteiger partial charge in [-0.2, -0.15) is 0 Å². The van der Waals surface area contributed by atoms with E-state index in [4.69, 9.17) is 0 Å². The summed E-state index contributed by atoms with van der Waals surface area (Å²) >= 11 is 0. The average Bonchev–Trinajstić information content (AvgIpc) is 2.97. The summed E-state index contributed by atoms with van der Waals surface area (Å²) < 4.78 is 0. The maximum absolute atomic E-state index is 12.6. The SMILES string of the molecule is CC(C)(C)C(=O)Nc1cccc(C(=O)NC2CCc3ccccc32)c1. The normalized spacial score (nSPS) is 16.2. The van der Waals surface area contributed by atoms with Crippen molar-refractivity contribution in [2.24, 2.45) is 5.41 Å². The van der Waals surface area contributed by atoms with Crippen LogP contribution in [0.1, 0.15) is 54.7 Å². The van der Waals surface area contributed by atoms with Gasteiger partial charge in [0, 0.05) is 16.7 Å². The number of hydrogen-bond donors (Lipinski definition) is 2. The Bertz CT molecular complexity index is 806. The van der Waals surface area contributed by atoms with Crippen molar-refractivity contribution in [3.8, 4) is 0 Å². The molecule has 0 saturated carbocycles. The van der Waals surface area contributed by atoms with Gasteiger partial charge in [-0.15, -0.1) is 0 Å². The van der Waals surface area contributed by atoms with Gasteiger partial charge in [0.1, 0.15) is 0 Å². The Balaban J connectivity index is 1.71. The van der Waals surface area contributed by atoms with E-state index in [9.17, 15) is 9.59 Å². The molecule has 2 N–H and O–H groups in total. The predicted molar refractivity (Wildman–Crippen MR) is 99.5 cm³/mol. The number of aryl methyl sites for hydroxylation is 1. The summed E-state index contributed by atoms with van der Waals surface area (Å²) in [7, 11) is 0. The summed E-state index contributed by atoms with van der Waals surface area (Å²) in [6.07, 6.45) is 1.91. The molecule has 0 saturated heterocycles. The number of anilines is 1. The first-order valence-corrected chi connectivity index (χ1v) is 8.65. The van der Waals surface area contributed by atoms with Crippen LogP contribution in [0.4, 0.5) is 5.69 Å². The zero-order valence-electron chi connectivity index (χ0n) is 14.9. The third-order valence-corrected chi connectivity index (χ3v) is 4.50. The Morgan fingerprint density at radius 1 is 1.04 bits per heavy atom. The highest BCUT2D eigenvalue weighted by Gasteiger charge is 2.24. The minimum atomic E-state index is -0.480. The van der Waals surface area contributed by atoms with E-state index in [0.29, 0.717) is 11.3 Å². The van der Waals surface area contributed by atoms with Crippen molar-refractivity contribution in [3.63, 3.8) is 0 Å². The topological polar surface area (TPSA) is 58.2 Å². The fourth-order valence-corrected chi connectivity index (χ4v) is 3.01. The van der Waals surface area contributed by atoms with E-state index >= 15 is 0 Å². The Morgan fingerprint density at radius 2 is 1.80 bits per heavy atom. The molecule has 2 aromatic carbocycles. The van der Waals surface area contributed by atoms with Gasteiger partial charge >= 0.3 is 0 Å². The van der Waals surface area contributed by atoms with Gasteiger partial charge in [-0.1, -0.05) is 51.1 Å². The lowest BCUT2D eigenvalue weighted by atomic mass is 9.95. The molecule has 1 aliphatic rings. The summed E-state index contributed by atoms with van der Waals surface area (Å²) in [6, 6.07) is 15.4. The van der Waals surface area contributed by atoms with Crippen LogP contribution in [-0.4, -0.2) is 11.8 Å². The number of fused-ring (bicyclic) bond motifs is 1. The molecule has 1 aliphatic carbocycles. The van der Waals surface area contributed by atoms with E-state index in [-0.39, 0.29) is 17.9 Å². The number of carbonyl (C=O) groups is 2. The fourth-order valence-electron chi connectivity index (χ4n) is 3.01. The molecular weight excluding hydrogens is 312 g/mol. The molecule has 0 fully saturated rings. The molecule has 1 unspecified atom stereocenters. The van der Waals surface area contributed by atoms with E-state index in [0.717, 1.165) is 12.8 Å². The molecule has 0 aromatic heterocycles. The standard InChI is InChI=1S/C21H24N2O2/c1-21(2,3)20(25)22-16-9-6-8-15(13-16)19(24)23-18-12-11-14-7-4-5-10-17(14)18/h4-10,13,18H,11-12H2,1-3H3,(H,22,25)(H,23,24). The van der Waals surface area contributed by atoms with E-state index in [2.05, 4.69) is 22.8 Å². The van der Waals surface area contributed by atoms with Crippen molar-refractivity contribution in [1.82, 2.24) is 5.32 Å². The third kappa shape index (κ3) is 3.90. The minimum Gasteiger partial charge on any atom is -0.345 e. The molecule has 0 radical (unpaired) electrons. The zero-order chi connectivity index (χ0) is 18.0. The number of amides is 2. The Kier molecular flexibility index (Phi) is 4.62. The number of nitrogens with one attached hydrogen (secondary N) is 2. The van der Waals surface area contributed by atoms with E-state index in [1.165, 1.54) is 11.1 Å². The molecule has 0 heterocycles. The largest absolute Gasteiger partial charge is 0.345 e. The van der Waals surface area contributed by atoms with Crippen molar-refractivity contribution in [2.45, 2.75) is 39.7 Å². The van der Waals surface area contributed by atoms with Crippen LogP contribution in [0.15, 0.2) is 48.5 Å². The van der Waals surface area contributed by atoms with Gasteiger partial charge in [0.25, 0.3) is 5.91 Å². The van der Waals surface area contributed by atoms with E-state index in [1.54, 1.807) is 24.3 Å². The number of carbonyl (C=O) groups excluding carboxylic acids is 2. The summed E-state index contributed by atoms with van der Waals surface area (Å²) in [5.41, 5.74) is 3.22. The highest BCUT2D eigenvalue weighted by Crippen LogP contribution is 2.31. The molecule has 0 bridgehead atoms. The zero-order valence-corrected chi connectivity index (χ0v) is 14.9. The second kappa shape index (κ2) is 6.71. The molecule has 0 aliphatic heterocycles. The average molecular weight is 336 g/mol. The first kappa shape index (κ1) is 17.2. The third-order valence-electron chi connectivity index (χ3n) is 4.50. The quantitative estimate of drug-likeness (QED) is 0.887. The van der Waals surface area contributed by atoms with E-state index < -0.39 is 5.41 Å². The van der Waals surface area contributed by atoms with Crippen LogP contribution in [0.25, 0.3) is 0 Å². The monoisotopic (exact) mass is 336 g/mol.